The van der Waals surface area contributed by atoms with E-state index in [2.05, 4.69) is 47.0 Å². The van der Waals surface area contributed by atoms with Crippen LogP contribution >= 0.6 is 11.6 Å². The smallest absolute Gasteiger partial charge is 0.129 e. The maximum atomic E-state index is 6.03. The molecule has 1 aromatic carbocycles. The Morgan fingerprint density at radius 2 is 2.03 bits per heavy atom. The Morgan fingerprint density at radius 1 is 1.21 bits per heavy atom. The maximum absolute atomic E-state index is 6.03. The van der Waals surface area contributed by atoms with Crippen molar-refractivity contribution in [2.75, 3.05) is 31.1 Å². The van der Waals surface area contributed by atoms with E-state index in [1.165, 1.54) is 25.9 Å². The molecule has 1 fully saturated rings. The Kier molecular flexibility index (Phi) is 6.36. The van der Waals surface area contributed by atoms with E-state index >= 15 is 0 Å². The van der Waals surface area contributed by atoms with Crippen LogP contribution in [0.15, 0.2) is 41.5 Å². The third-order valence-electron chi connectivity index (χ3n) is 5.65. The number of nitrogens with zero attached hydrogens (tertiary/aromatic N) is 4. The lowest BCUT2D eigenvalue weighted by Gasteiger charge is -2.30. The molecule has 29 heavy (non-hydrogen) atoms. The zero-order valence-corrected chi connectivity index (χ0v) is 18.0. The fraction of sp³-hybridized carbons (Fsp3) is 0.478. The first kappa shape index (κ1) is 20.2. The van der Waals surface area contributed by atoms with Gasteiger partial charge >= 0.3 is 0 Å². The molecule has 0 spiro atoms. The molecular formula is C23H29ClN4O. The zero-order chi connectivity index (χ0) is 20.2. The summed E-state index contributed by atoms with van der Waals surface area (Å²) in [5, 5.41) is 2.34. The highest BCUT2D eigenvalue weighted by Crippen LogP contribution is 2.23. The van der Waals surface area contributed by atoms with Gasteiger partial charge in [-0.1, -0.05) is 18.5 Å². The van der Waals surface area contributed by atoms with E-state index in [-0.39, 0.29) is 6.17 Å². The predicted molar refractivity (Wildman–Crippen MR) is 118 cm³/mol. The molecule has 2 aliphatic rings. The average molecular weight is 413 g/mol. The van der Waals surface area contributed by atoms with Gasteiger partial charge in [-0.15, -0.1) is 0 Å². The molecule has 0 amide bonds. The minimum absolute atomic E-state index is 0.00387. The second-order valence-electron chi connectivity index (χ2n) is 8.11. The Labute approximate surface area is 177 Å². The number of pyridine rings is 1. The fourth-order valence-corrected chi connectivity index (χ4v) is 4.31. The van der Waals surface area contributed by atoms with Crippen LogP contribution in [0, 0.1) is 5.92 Å². The van der Waals surface area contributed by atoms with Gasteiger partial charge in [0, 0.05) is 30.2 Å². The summed E-state index contributed by atoms with van der Waals surface area (Å²) >= 11 is 6.03. The van der Waals surface area contributed by atoms with Crippen molar-refractivity contribution in [2.24, 2.45) is 10.9 Å². The summed E-state index contributed by atoms with van der Waals surface area (Å²) in [6.07, 6.45) is 7.57. The molecule has 6 heteroatoms. The molecule has 4 rings (SSSR count). The molecule has 2 aliphatic heterocycles. The molecule has 0 N–H and O–H groups in total. The van der Waals surface area contributed by atoms with Crippen LogP contribution in [0.2, 0.25) is 5.15 Å². The van der Waals surface area contributed by atoms with Crippen molar-refractivity contribution >= 4 is 23.5 Å². The second-order valence-corrected chi connectivity index (χ2v) is 8.49. The number of halogens is 1. The summed E-state index contributed by atoms with van der Waals surface area (Å²) in [6, 6.07) is 10.1. The summed E-state index contributed by atoms with van der Waals surface area (Å²) in [6.45, 7) is 8.77. The number of ether oxygens (including phenoxy) is 1. The van der Waals surface area contributed by atoms with E-state index in [0.29, 0.717) is 5.15 Å². The SMILES string of the molecule is CC1N=c2cnc(Cl)cc2=CN1c1ccc(OCCCN2CCC[C@H](C)C2)cc1. The van der Waals surface area contributed by atoms with E-state index in [1.54, 1.807) is 6.20 Å². The number of likely N-dealkylation sites (tertiary alicyclic amines) is 1. The summed E-state index contributed by atoms with van der Waals surface area (Å²) in [7, 11) is 0. The molecule has 2 atom stereocenters. The monoisotopic (exact) mass is 412 g/mol. The van der Waals surface area contributed by atoms with Crippen LogP contribution in [0.25, 0.3) is 6.20 Å². The highest BCUT2D eigenvalue weighted by Gasteiger charge is 2.16. The van der Waals surface area contributed by atoms with Gasteiger partial charge in [0.1, 0.15) is 17.1 Å². The number of fused-ring (bicyclic) bond motifs is 1. The number of aromatic nitrogens is 1. The zero-order valence-electron chi connectivity index (χ0n) is 17.2. The van der Waals surface area contributed by atoms with E-state index in [1.807, 2.05) is 18.2 Å². The van der Waals surface area contributed by atoms with Crippen molar-refractivity contribution in [2.45, 2.75) is 39.3 Å². The Hall–Kier alpha value is -2.11. The quantitative estimate of drug-likeness (QED) is 0.538. The molecule has 0 aliphatic carbocycles. The van der Waals surface area contributed by atoms with Crippen LogP contribution in [0.5, 0.6) is 5.75 Å². The van der Waals surface area contributed by atoms with E-state index in [4.69, 9.17) is 21.3 Å². The largest absolute Gasteiger partial charge is 0.494 e. The third kappa shape index (κ3) is 5.09. The van der Waals surface area contributed by atoms with Crippen LogP contribution in [0.1, 0.15) is 33.1 Å². The lowest BCUT2D eigenvalue weighted by atomic mass is 10.0. The van der Waals surface area contributed by atoms with Gasteiger partial charge in [0.2, 0.25) is 0 Å². The molecule has 5 nitrogen and oxygen atoms in total. The van der Waals surface area contributed by atoms with Crippen molar-refractivity contribution in [3.63, 3.8) is 0 Å². The molecule has 0 saturated carbocycles. The van der Waals surface area contributed by atoms with E-state index in [0.717, 1.165) is 47.5 Å². The highest BCUT2D eigenvalue weighted by molar-refractivity contribution is 6.29. The number of anilines is 1. The lowest BCUT2D eigenvalue weighted by Crippen LogP contribution is -2.41. The first-order valence-corrected chi connectivity index (χ1v) is 10.9. The molecular weight excluding hydrogens is 384 g/mol. The second kappa shape index (κ2) is 9.14. The first-order valence-electron chi connectivity index (χ1n) is 10.5. The lowest BCUT2D eigenvalue weighted by molar-refractivity contribution is 0.170. The maximum Gasteiger partial charge on any atom is 0.129 e. The normalized spacial score (nSPS) is 21.8. The number of piperidine rings is 1. The number of benzene rings is 1. The summed E-state index contributed by atoms with van der Waals surface area (Å²) < 4.78 is 5.96. The van der Waals surface area contributed by atoms with Crippen LogP contribution < -0.4 is 20.2 Å². The number of rotatable bonds is 6. The predicted octanol–water partition coefficient (Wildman–Crippen LogP) is 3.46. The van der Waals surface area contributed by atoms with Crippen molar-refractivity contribution < 1.29 is 4.74 Å². The Morgan fingerprint density at radius 3 is 2.83 bits per heavy atom. The van der Waals surface area contributed by atoms with Crippen LogP contribution in [0.3, 0.4) is 0 Å². The average Bonchev–Trinajstić information content (AvgIpc) is 2.72. The fourth-order valence-electron chi connectivity index (χ4n) is 4.14. The highest BCUT2D eigenvalue weighted by atomic mass is 35.5. The number of hydrogen-bond acceptors (Lipinski definition) is 5. The van der Waals surface area contributed by atoms with Crippen LogP contribution in [0.4, 0.5) is 5.69 Å². The van der Waals surface area contributed by atoms with Gasteiger partial charge < -0.3 is 14.5 Å². The van der Waals surface area contributed by atoms with Gasteiger partial charge in [0.15, 0.2) is 0 Å². The van der Waals surface area contributed by atoms with Crippen molar-refractivity contribution in [3.05, 3.63) is 52.3 Å². The van der Waals surface area contributed by atoms with Crippen molar-refractivity contribution in [1.29, 1.82) is 0 Å². The summed E-state index contributed by atoms with van der Waals surface area (Å²) in [5.74, 6) is 1.74. The molecule has 1 unspecified atom stereocenters. The summed E-state index contributed by atoms with van der Waals surface area (Å²) in [5.41, 5.74) is 1.08. The molecule has 0 radical (unpaired) electrons. The van der Waals surface area contributed by atoms with Gasteiger partial charge in [-0.25, -0.2) is 4.98 Å². The molecule has 0 bridgehead atoms. The van der Waals surface area contributed by atoms with Crippen LogP contribution in [-0.4, -0.2) is 42.3 Å². The van der Waals surface area contributed by atoms with E-state index in [9.17, 15) is 0 Å². The van der Waals surface area contributed by atoms with Crippen LogP contribution in [-0.2, 0) is 0 Å². The van der Waals surface area contributed by atoms with Crippen molar-refractivity contribution in [1.82, 2.24) is 9.88 Å². The van der Waals surface area contributed by atoms with E-state index < -0.39 is 0 Å². The number of hydrogen-bond donors (Lipinski definition) is 0. The van der Waals surface area contributed by atoms with Gasteiger partial charge in [-0.2, -0.15) is 0 Å². The third-order valence-corrected chi connectivity index (χ3v) is 5.86. The molecule has 1 aromatic heterocycles. The van der Waals surface area contributed by atoms with Gasteiger partial charge in [0.25, 0.3) is 0 Å². The van der Waals surface area contributed by atoms with Crippen molar-refractivity contribution in [3.8, 4) is 5.75 Å². The molecule has 2 aromatic rings. The van der Waals surface area contributed by atoms with Gasteiger partial charge in [-0.3, -0.25) is 4.99 Å². The Bertz CT molecular complexity index is 946. The Balaban J connectivity index is 1.33. The minimum Gasteiger partial charge on any atom is -0.494 e. The molecule has 3 heterocycles. The molecule has 1 saturated heterocycles. The standard InChI is InChI=1S/C23H29ClN4O/c1-17-5-3-10-27(15-17)11-4-12-29-21-8-6-20(7-9-21)28-16-19-13-23(24)25-14-22(19)26-18(28)2/h6-9,13-14,16-18H,3-5,10-12,15H2,1-2H3/t17-,18?/m0/s1. The molecule has 154 valence electrons. The van der Waals surface area contributed by atoms with Gasteiger partial charge in [0.05, 0.1) is 18.2 Å². The van der Waals surface area contributed by atoms with Gasteiger partial charge in [-0.05, 0) is 69.0 Å². The topological polar surface area (TPSA) is 41.0 Å². The summed E-state index contributed by atoms with van der Waals surface area (Å²) in [4.78, 5) is 13.5. The first-order chi connectivity index (χ1) is 14.1. The minimum atomic E-state index is 0.00387.